The molecule has 4 rings (SSSR count). The summed E-state index contributed by atoms with van der Waals surface area (Å²) in [5.41, 5.74) is 0. The van der Waals surface area contributed by atoms with E-state index in [2.05, 4.69) is 0 Å². The highest BCUT2D eigenvalue weighted by molar-refractivity contribution is 6.65. The van der Waals surface area contributed by atoms with Crippen molar-refractivity contribution >= 4 is 75.6 Å². The standard InChI is InChI=1S/C14H12Cl6O2/c1-4(21)22-7-3-5-2-6(7)9-8(5)12(17)10(15)11(16)13(9,18)14(12,19)20/h5-9H,2-3H2,1H3/t5-,6-,7-,8-,9-,12-,13-/m1/s1. The van der Waals surface area contributed by atoms with E-state index in [-0.39, 0.29) is 45.8 Å². The minimum absolute atomic E-state index is 0.0485. The van der Waals surface area contributed by atoms with Gasteiger partial charge in [-0.2, -0.15) is 0 Å². The van der Waals surface area contributed by atoms with Crippen LogP contribution in [0.3, 0.4) is 0 Å². The van der Waals surface area contributed by atoms with Crippen LogP contribution in [0.2, 0.25) is 0 Å². The first kappa shape index (κ1) is 16.4. The number of alkyl halides is 4. The van der Waals surface area contributed by atoms with Crippen LogP contribution in [-0.4, -0.2) is 26.2 Å². The zero-order chi connectivity index (χ0) is 16.2. The number of halogens is 6. The van der Waals surface area contributed by atoms with Crippen molar-refractivity contribution in [1.82, 2.24) is 0 Å². The topological polar surface area (TPSA) is 26.3 Å². The lowest BCUT2D eigenvalue weighted by Crippen LogP contribution is -2.46. The Morgan fingerprint density at radius 2 is 1.59 bits per heavy atom. The third kappa shape index (κ3) is 1.48. The summed E-state index contributed by atoms with van der Waals surface area (Å²) in [6.07, 6.45) is 1.42. The molecule has 0 aliphatic heterocycles. The molecule has 0 spiro atoms. The molecule has 122 valence electrons. The molecular formula is C14H12Cl6O2. The van der Waals surface area contributed by atoms with Gasteiger partial charge in [-0.15, -0.1) is 23.2 Å². The summed E-state index contributed by atoms with van der Waals surface area (Å²) in [5, 5.41) is 0.486. The molecule has 4 aliphatic carbocycles. The minimum atomic E-state index is -1.49. The fraction of sp³-hybridized carbons (Fsp3) is 0.786. The van der Waals surface area contributed by atoms with Gasteiger partial charge >= 0.3 is 5.97 Å². The van der Waals surface area contributed by atoms with Gasteiger partial charge in [0.05, 0.1) is 10.1 Å². The molecule has 8 heteroatoms. The zero-order valence-corrected chi connectivity index (χ0v) is 15.9. The van der Waals surface area contributed by atoms with Crippen LogP contribution in [0.1, 0.15) is 19.8 Å². The van der Waals surface area contributed by atoms with Crippen LogP contribution >= 0.6 is 69.6 Å². The van der Waals surface area contributed by atoms with Crippen molar-refractivity contribution in [3.63, 3.8) is 0 Å². The Balaban J connectivity index is 1.83. The van der Waals surface area contributed by atoms with Crippen LogP contribution in [0.15, 0.2) is 10.1 Å². The van der Waals surface area contributed by atoms with Crippen LogP contribution < -0.4 is 0 Å². The van der Waals surface area contributed by atoms with Gasteiger partial charge in [-0.1, -0.05) is 46.4 Å². The third-order valence-electron chi connectivity index (χ3n) is 5.92. The Morgan fingerprint density at radius 3 is 2.14 bits per heavy atom. The predicted molar refractivity (Wildman–Crippen MR) is 89.1 cm³/mol. The van der Waals surface area contributed by atoms with Crippen molar-refractivity contribution in [2.75, 3.05) is 0 Å². The molecule has 22 heavy (non-hydrogen) atoms. The molecule has 0 N–H and O–H groups in total. The monoisotopic (exact) mass is 422 g/mol. The molecule has 0 aromatic carbocycles. The maximum atomic E-state index is 11.3. The van der Waals surface area contributed by atoms with Crippen molar-refractivity contribution < 1.29 is 9.53 Å². The van der Waals surface area contributed by atoms with E-state index in [0.29, 0.717) is 0 Å². The number of carbonyl (C=O) groups excluding carboxylic acids is 1. The largest absolute Gasteiger partial charge is 0.462 e. The fourth-order valence-electron chi connectivity index (χ4n) is 5.34. The van der Waals surface area contributed by atoms with Gasteiger partial charge in [0.2, 0.25) is 0 Å². The summed E-state index contributed by atoms with van der Waals surface area (Å²) in [4.78, 5) is 8.91. The molecule has 4 bridgehead atoms. The quantitative estimate of drug-likeness (QED) is 0.335. The van der Waals surface area contributed by atoms with Gasteiger partial charge in [-0.3, -0.25) is 4.79 Å². The molecule has 0 amide bonds. The second kappa shape index (κ2) is 4.56. The van der Waals surface area contributed by atoms with Crippen molar-refractivity contribution in [2.45, 2.75) is 40.0 Å². The van der Waals surface area contributed by atoms with E-state index < -0.39 is 14.1 Å². The summed E-state index contributed by atoms with van der Waals surface area (Å²) in [7, 11) is 0. The van der Waals surface area contributed by atoms with Crippen LogP contribution in [0.5, 0.6) is 0 Å². The first-order valence-electron chi connectivity index (χ1n) is 7.07. The highest BCUT2D eigenvalue weighted by Gasteiger charge is 2.86. The Morgan fingerprint density at radius 1 is 1.05 bits per heavy atom. The molecule has 0 heterocycles. The molecule has 7 atom stereocenters. The zero-order valence-electron chi connectivity index (χ0n) is 11.4. The average Bonchev–Trinajstić information content (AvgIpc) is 3.04. The summed E-state index contributed by atoms with van der Waals surface area (Å²) in [6.45, 7) is 1.40. The molecular weight excluding hydrogens is 413 g/mol. The van der Waals surface area contributed by atoms with Crippen LogP contribution in [0, 0.1) is 23.7 Å². The Bertz CT molecular complexity index is 618. The van der Waals surface area contributed by atoms with E-state index in [1.165, 1.54) is 6.92 Å². The second-order valence-electron chi connectivity index (χ2n) is 6.72. The number of hydrogen-bond donors (Lipinski definition) is 0. The second-order valence-corrected chi connectivity index (χ2v) is 10.00. The number of esters is 1. The lowest BCUT2D eigenvalue weighted by atomic mass is 9.71. The molecule has 0 unspecified atom stereocenters. The highest BCUT2D eigenvalue weighted by Crippen LogP contribution is 2.82. The van der Waals surface area contributed by atoms with Gasteiger partial charge < -0.3 is 4.74 Å². The number of allylic oxidation sites excluding steroid dienone is 2. The van der Waals surface area contributed by atoms with E-state index in [1.54, 1.807) is 0 Å². The molecule has 3 fully saturated rings. The van der Waals surface area contributed by atoms with E-state index in [4.69, 9.17) is 74.3 Å². The summed E-state index contributed by atoms with van der Waals surface area (Å²) in [6, 6.07) is 0. The summed E-state index contributed by atoms with van der Waals surface area (Å²) < 4.78 is 3.96. The number of rotatable bonds is 1. The number of ether oxygens (including phenoxy) is 1. The average molecular weight is 425 g/mol. The number of fused-ring (bicyclic) bond motifs is 9. The van der Waals surface area contributed by atoms with Gasteiger partial charge in [0.1, 0.15) is 15.9 Å². The van der Waals surface area contributed by atoms with Crippen molar-refractivity contribution in [1.29, 1.82) is 0 Å². The number of hydrogen-bond acceptors (Lipinski definition) is 2. The van der Waals surface area contributed by atoms with Gasteiger partial charge in [0.25, 0.3) is 0 Å². The summed E-state index contributed by atoms with van der Waals surface area (Å²) >= 11 is 39.7. The van der Waals surface area contributed by atoms with E-state index in [0.717, 1.165) is 12.8 Å². The first-order valence-corrected chi connectivity index (χ1v) is 9.34. The fourth-order valence-corrected chi connectivity index (χ4v) is 8.49. The van der Waals surface area contributed by atoms with Crippen molar-refractivity contribution in [3.8, 4) is 0 Å². The maximum absolute atomic E-state index is 11.3. The predicted octanol–water partition coefficient (Wildman–Crippen LogP) is 5.04. The Kier molecular flexibility index (Phi) is 3.41. The highest BCUT2D eigenvalue weighted by atomic mass is 35.5. The third-order valence-corrected chi connectivity index (χ3v) is 10.2. The molecule has 0 aromatic rings. The van der Waals surface area contributed by atoms with Crippen molar-refractivity contribution in [2.24, 2.45) is 23.7 Å². The molecule has 2 nitrogen and oxygen atoms in total. The Hall–Kier alpha value is 0.950. The number of carbonyl (C=O) groups is 1. The van der Waals surface area contributed by atoms with Gasteiger partial charge in [0, 0.05) is 12.8 Å². The normalized spacial score (nSPS) is 54.0. The van der Waals surface area contributed by atoms with Gasteiger partial charge in [-0.05, 0) is 30.6 Å². The summed E-state index contributed by atoms with van der Waals surface area (Å²) in [5.74, 6) is -0.252. The molecule has 0 radical (unpaired) electrons. The molecule has 3 saturated carbocycles. The van der Waals surface area contributed by atoms with E-state index in [9.17, 15) is 4.79 Å². The smallest absolute Gasteiger partial charge is 0.302 e. The minimum Gasteiger partial charge on any atom is -0.462 e. The Labute approximate surface area is 158 Å². The maximum Gasteiger partial charge on any atom is 0.302 e. The molecule has 0 saturated heterocycles. The van der Waals surface area contributed by atoms with Gasteiger partial charge in [-0.25, -0.2) is 0 Å². The van der Waals surface area contributed by atoms with Crippen LogP contribution in [0.25, 0.3) is 0 Å². The van der Waals surface area contributed by atoms with Crippen LogP contribution in [-0.2, 0) is 9.53 Å². The lowest BCUT2D eigenvalue weighted by molar-refractivity contribution is -0.150. The van der Waals surface area contributed by atoms with E-state index >= 15 is 0 Å². The molecule has 0 aromatic heterocycles. The molecule has 4 aliphatic rings. The first-order chi connectivity index (χ1) is 10.1. The lowest BCUT2D eigenvalue weighted by Gasteiger charge is -2.41. The van der Waals surface area contributed by atoms with Crippen LogP contribution in [0.4, 0.5) is 0 Å². The van der Waals surface area contributed by atoms with E-state index in [1.807, 2.05) is 0 Å². The van der Waals surface area contributed by atoms with Gasteiger partial charge in [0.15, 0.2) is 4.33 Å². The SMILES string of the molecule is CC(=O)O[C@@H]1C[C@H]2C[C@H]1[C@@H]1[C@@H]2[C@@]2(Cl)C(Cl)=C(Cl)[C@@]1(Cl)C2(Cl)Cl. The van der Waals surface area contributed by atoms with Crippen molar-refractivity contribution in [3.05, 3.63) is 10.1 Å².